The normalized spacial score (nSPS) is 18.4. The van der Waals surface area contributed by atoms with Crippen molar-refractivity contribution in [1.82, 2.24) is 4.98 Å². The molecule has 0 spiro atoms. The number of nitrogens with one attached hydrogen (secondary N) is 2. The Morgan fingerprint density at radius 1 is 1.25 bits per heavy atom. The van der Waals surface area contributed by atoms with E-state index in [1.165, 1.54) is 25.7 Å². The zero-order valence-electron chi connectivity index (χ0n) is 10.2. The minimum absolute atomic E-state index is 0.470. The van der Waals surface area contributed by atoms with Crippen LogP contribution in [0.1, 0.15) is 32.6 Å². The van der Waals surface area contributed by atoms with Crippen LogP contribution in [0.2, 0.25) is 0 Å². The van der Waals surface area contributed by atoms with Gasteiger partial charge in [-0.3, -0.25) is 0 Å². The molecule has 0 saturated heterocycles. The van der Waals surface area contributed by atoms with E-state index in [9.17, 15) is 0 Å². The highest BCUT2D eigenvalue weighted by molar-refractivity contribution is 5.44. The average molecular weight is 219 g/mol. The van der Waals surface area contributed by atoms with E-state index in [2.05, 4.69) is 22.5 Å². The molecule has 16 heavy (non-hydrogen) atoms. The summed E-state index contributed by atoms with van der Waals surface area (Å²) >= 11 is 0. The lowest BCUT2D eigenvalue weighted by atomic mass is 9.89. The predicted octanol–water partition coefficient (Wildman–Crippen LogP) is 3.12. The summed E-state index contributed by atoms with van der Waals surface area (Å²) in [5, 5.41) is 6.50. The van der Waals surface area contributed by atoms with E-state index in [4.69, 9.17) is 0 Å². The van der Waals surface area contributed by atoms with Crippen LogP contribution in [0.3, 0.4) is 0 Å². The lowest BCUT2D eigenvalue weighted by molar-refractivity contribution is 0.361. The Labute approximate surface area is 97.7 Å². The molecule has 2 N–H and O–H groups in total. The fraction of sp³-hybridized carbons (Fsp3) is 0.615. The third-order valence-corrected chi connectivity index (χ3v) is 3.51. The molecule has 1 fully saturated rings. The Balaban J connectivity index is 1.93. The van der Waals surface area contributed by atoms with Gasteiger partial charge in [0.05, 0.1) is 0 Å². The predicted molar refractivity (Wildman–Crippen MR) is 68.8 cm³/mol. The van der Waals surface area contributed by atoms with Crippen LogP contribution in [0.25, 0.3) is 0 Å². The van der Waals surface area contributed by atoms with Gasteiger partial charge in [-0.1, -0.05) is 25.8 Å². The zero-order valence-corrected chi connectivity index (χ0v) is 10.2. The molecule has 0 bridgehead atoms. The maximum absolute atomic E-state index is 4.46. The van der Waals surface area contributed by atoms with Crippen LogP contribution >= 0.6 is 0 Å². The lowest BCUT2D eigenvalue weighted by Gasteiger charge is -2.24. The van der Waals surface area contributed by atoms with E-state index in [0.29, 0.717) is 5.41 Å². The largest absolute Gasteiger partial charge is 0.373 e. The minimum Gasteiger partial charge on any atom is -0.373 e. The quantitative estimate of drug-likeness (QED) is 0.817. The first-order valence-corrected chi connectivity index (χ1v) is 6.11. The number of hydrogen-bond acceptors (Lipinski definition) is 3. The third kappa shape index (κ3) is 2.65. The number of rotatable bonds is 4. The summed E-state index contributed by atoms with van der Waals surface area (Å²) in [4.78, 5) is 4.46. The van der Waals surface area contributed by atoms with E-state index < -0.39 is 0 Å². The number of pyridine rings is 1. The van der Waals surface area contributed by atoms with Gasteiger partial charge in [0.25, 0.3) is 0 Å². The van der Waals surface area contributed by atoms with Gasteiger partial charge in [-0.05, 0) is 30.4 Å². The molecule has 0 aromatic carbocycles. The van der Waals surface area contributed by atoms with Crippen molar-refractivity contribution >= 4 is 11.6 Å². The first-order valence-electron chi connectivity index (χ1n) is 6.11. The number of aromatic nitrogens is 1. The van der Waals surface area contributed by atoms with E-state index in [1.807, 2.05) is 25.2 Å². The van der Waals surface area contributed by atoms with Gasteiger partial charge < -0.3 is 10.6 Å². The Morgan fingerprint density at radius 3 is 2.62 bits per heavy atom. The van der Waals surface area contributed by atoms with Gasteiger partial charge in [0.1, 0.15) is 11.6 Å². The van der Waals surface area contributed by atoms with Crippen molar-refractivity contribution in [3.8, 4) is 0 Å². The van der Waals surface area contributed by atoms with Gasteiger partial charge in [0.15, 0.2) is 0 Å². The molecule has 88 valence electrons. The molecule has 1 saturated carbocycles. The summed E-state index contributed by atoms with van der Waals surface area (Å²) < 4.78 is 0. The molecule has 0 aliphatic heterocycles. The molecule has 0 atom stereocenters. The molecule has 0 amide bonds. The SMILES string of the molecule is CNc1cccc(NCC2(C)CCCC2)n1. The molecule has 2 rings (SSSR count). The van der Waals surface area contributed by atoms with Gasteiger partial charge >= 0.3 is 0 Å². The topological polar surface area (TPSA) is 37.0 Å². The summed E-state index contributed by atoms with van der Waals surface area (Å²) in [6, 6.07) is 6.03. The average Bonchev–Trinajstić information content (AvgIpc) is 2.75. The van der Waals surface area contributed by atoms with Crippen molar-refractivity contribution in [3.63, 3.8) is 0 Å². The molecule has 3 nitrogen and oxygen atoms in total. The molecule has 0 radical (unpaired) electrons. The Hall–Kier alpha value is -1.25. The number of nitrogens with zero attached hydrogens (tertiary/aromatic N) is 1. The van der Waals surface area contributed by atoms with Crippen LogP contribution < -0.4 is 10.6 Å². The van der Waals surface area contributed by atoms with Crippen molar-refractivity contribution < 1.29 is 0 Å². The Morgan fingerprint density at radius 2 is 1.94 bits per heavy atom. The van der Waals surface area contributed by atoms with E-state index in [1.54, 1.807) is 0 Å². The highest BCUT2D eigenvalue weighted by Crippen LogP contribution is 2.37. The van der Waals surface area contributed by atoms with Crippen molar-refractivity contribution in [2.75, 3.05) is 24.2 Å². The summed E-state index contributed by atoms with van der Waals surface area (Å²) in [5.41, 5.74) is 0.470. The molecule has 3 heteroatoms. The van der Waals surface area contributed by atoms with Gasteiger partial charge in [0.2, 0.25) is 0 Å². The standard InChI is InChI=1S/C13H21N3/c1-13(8-3-4-9-13)10-15-12-7-5-6-11(14-2)16-12/h5-7H,3-4,8-10H2,1-2H3,(H2,14,15,16). The van der Waals surface area contributed by atoms with Crippen molar-refractivity contribution in [2.45, 2.75) is 32.6 Å². The fourth-order valence-corrected chi connectivity index (χ4v) is 2.38. The molecule has 1 aromatic rings. The molecule has 1 aromatic heterocycles. The van der Waals surface area contributed by atoms with Crippen LogP contribution in [0.15, 0.2) is 18.2 Å². The fourth-order valence-electron chi connectivity index (χ4n) is 2.38. The maximum atomic E-state index is 4.46. The summed E-state index contributed by atoms with van der Waals surface area (Å²) in [6.45, 7) is 3.40. The molecule has 1 heterocycles. The van der Waals surface area contributed by atoms with Gasteiger partial charge in [0, 0.05) is 13.6 Å². The number of anilines is 2. The Kier molecular flexibility index (Phi) is 3.32. The number of hydrogen-bond donors (Lipinski definition) is 2. The summed E-state index contributed by atoms with van der Waals surface area (Å²) in [6.07, 6.45) is 5.43. The lowest BCUT2D eigenvalue weighted by Crippen LogP contribution is -2.23. The zero-order chi connectivity index (χ0) is 11.4. The first kappa shape index (κ1) is 11.2. The van der Waals surface area contributed by atoms with Crippen molar-refractivity contribution in [3.05, 3.63) is 18.2 Å². The molecule has 0 unspecified atom stereocenters. The monoisotopic (exact) mass is 219 g/mol. The molecular formula is C13H21N3. The molecule has 1 aliphatic rings. The first-order chi connectivity index (χ1) is 7.72. The Bertz CT molecular complexity index is 343. The second-order valence-corrected chi connectivity index (χ2v) is 5.03. The van der Waals surface area contributed by atoms with E-state index in [-0.39, 0.29) is 0 Å². The third-order valence-electron chi connectivity index (χ3n) is 3.51. The van der Waals surface area contributed by atoms with Gasteiger partial charge in [-0.25, -0.2) is 4.98 Å². The second-order valence-electron chi connectivity index (χ2n) is 5.03. The van der Waals surface area contributed by atoms with Crippen molar-refractivity contribution in [1.29, 1.82) is 0 Å². The van der Waals surface area contributed by atoms with Crippen LogP contribution in [-0.2, 0) is 0 Å². The highest BCUT2D eigenvalue weighted by Gasteiger charge is 2.28. The summed E-state index contributed by atoms with van der Waals surface area (Å²) in [5.74, 6) is 1.89. The second kappa shape index (κ2) is 4.73. The van der Waals surface area contributed by atoms with Crippen LogP contribution in [0.4, 0.5) is 11.6 Å². The molecule has 1 aliphatic carbocycles. The van der Waals surface area contributed by atoms with Gasteiger partial charge in [-0.2, -0.15) is 0 Å². The smallest absolute Gasteiger partial charge is 0.128 e. The van der Waals surface area contributed by atoms with Gasteiger partial charge in [-0.15, -0.1) is 0 Å². The highest BCUT2D eigenvalue weighted by atomic mass is 15.1. The van der Waals surface area contributed by atoms with Crippen LogP contribution in [0, 0.1) is 5.41 Å². The maximum Gasteiger partial charge on any atom is 0.128 e. The van der Waals surface area contributed by atoms with Crippen LogP contribution in [0.5, 0.6) is 0 Å². The summed E-state index contributed by atoms with van der Waals surface area (Å²) in [7, 11) is 1.89. The van der Waals surface area contributed by atoms with E-state index in [0.717, 1.165) is 18.2 Å². The molecular weight excluding hydrogens is 198 g/mol. The van der Waals surface area contributed by atoms with Crippen molar-refractivity contribution in [2.24, 2.45) is 5.41 Å². The van der Waals surface area contributed by atoms with E-state index >= 15 is 0 Å². The minimum atomic E-state index is 0.470. The van der Waals surface area contributed by atoms with Crippen LogP contribution in [-0.4, -0.2) is 18.6 Å².